The molecule has 0 aromatic rings. The van der Waals surface area contributed by atoms with Crippen LogP contribution in [0.3, 0.4) is 0 Å². The summed E-state index contributed by atoms with van der Waals surface area (Å²) >= 11 is 0. The third kappa shape index (κ3) is 0.703. The molecule has 11 heavy (non-hydrogen) atoms. The van der Waals surface area contributed by atoms with E-state index in [9.17, 15) is 0 Å². The van der Waals surface area contributed by atoms with Gasteiger partial charge in [-0.05, 0) is 23.7 Å². The van der Waals surface area contributed by atoms with E-state index < -0.39 is 0 Å². The molecule has 0 aromatic heterocycles. The number of hydrogen-bond acceptors (Lipinski definition) is 1. The summed E-state index contributed by atoms with van der Waals surface area (Å²) in [5.74, 6) is 0. The molecule has 0 N–H and O–H groups in total. The van der Waals surface area contributed by atoms with E-state index in [2.05, 4.69) is 27.7 Å². The standard InChI is InChI=1S/C10H18O/c1-8(2)5-6-9(3,4)10(8)7-11-10/h5-7H2,1-4H3. The number of ether oxygens (including phenoxy) is 1. The highest BCUT2D eigenvalue weighted by Crippen LogP contribution is 2.64. The zero-order chi connectivity index (χ0) is 8.33. The molecule has 1 saturated heterocycles. The van der Waals surface area contributed by atoms with Crippen LogP contribution in [0.25, 0.3) is 0 Å². The van der Waals surface area contributed by atoms with Crippen molar-refractivity contribution in [3.8, 4) is 0 Å². The molecule has 2 fully saturated rings. The average molecular weight is 154 g/mol. The van der Waals surface area contributed by atoms with Gasteiger partial charge in [0, 0.05) is 0 Å². The van der Waals surface area contributed by atoms with Gasteiger partial charge in [-0.2, -0.15) is 0 Å². The van der Waals surface area contributed by atoms with E-state index in [0.29, 0.717) is 10.8 Å². The van der Waals surface area contributed by atoms with Crippen molar-refractivity contribution >= 4 is 0 Å². The second kappa shape index (κ2) is 1.66. The van der Waals surface area contributed by atoms with Gasteiger partial charge in [0.25, 0.3) is 0 Å². The van der Waals surface area contributed by atoms with Gasteiger partial charge in [0.15, 0.2) is 0 Å². The summed E-state index contributed by atoms with van der Waals surface area (Å²) in [6.07, 6.45) is 2.64. The Morgan fingerprint density at radius 1 is 0.909 bits per heavy atom. The van der Waals surface area contributed by atoms with Crippen LogP contribution in [-0.4, -0.2) is 12.2 Å². The van der Waals surface area contributed by atoms with E-state index in [0.717, 1.165) is 6.61 Å². The second-order valence-corrected chi connectivity index (χ2v) is 5.38. The summed E-state index contributed by atoms with van der Waals surface area (Å²) in [6.45, 7) is 10.4. The maximum atomic E-state index is 5.69. The van der Waals surface area contributed by atoms with Crippen molar-refractivity contribution in [2.24, 2.45) is 10.8 Å². The molecule has 0 atom stereocenters. The fourth-order valence-electron chi connectivity index (χ4n) is 2.80. The first kappa shape index (κ1) is 7.60. The molecule has 1 spiro atoms. The molecule has 64 valence electrons. The Balaban J connectivity index is 2.36. The first-order valence-corrected chi connectivity index (χ1v) is 4.55. The summed E-state index contributed by atoms with van der Waals surface area (Å²) in [7, 11) is 0. The van der Waals surface area contributed by atoms with Crippen LogP contribution in [-0.2, 0) is 4.74 Å². The predicted molar refractivity (Wildman–Crippen MR) is 45.5 cm³/mol. The summed E-state index contributed by atoms with van der Waals surface area (Å²) in [5.41, 5.74) is 1.06. The highest BCUT2D eigenvalue weighted by Gasteiger charge is 2.68. The van der Waals surface area contributed by atoms with Gasteiger partial charge in [-0.25, -0.2) is 0 Å². The molecule has 2 aliphatic rings. The predicted octanol–water partition coefficient (Wildman–Crippen LogP) is 2.60. The van der Waals surface area contributed by atoms with Gasteiger partial charge in [-0.1, -0.05) is 27.7 Å². The van der Waals surface area contributed by atoms with E-state index in [4.69, 9.17) is 4.74 Å². The molecule has 0 radical (unpaired) electrons. The fraction of sp³-hybridized carbons (Fsp3) is 1.00. The molecule has 1 nitrogen and oxygen atoms in total. The maximum Gasteiger partial charge on any atom is 0.102 e. The lowest BCUT2D eigenvalue weighted by Gasteiger charge is -2.32. The van der Waals surface area contributed by atoms with Crippen LogP contribution in [0.4, 0.5) is 0 Å². The molecular weight excluding hydrogens is 136 g/mol. The minimum Gasteiger partial charge on any atom is -0.368 e. The Labute approximate surface area is 69.1 Å². The monoisotopic (exact) mass is 154 g/mol. The molecule has 1 heterocycles. The normalized spacial score (nSPS) is 36.0. The summed E-state index contributed by atoms with van der Waals surface area (Å²) in [4.78, 5) is 0. The SMILES string of the molecule is CC1(C)CCC(C)(C)C12CO2. The van der Waals surface area contributed by atoms with Gasteiger partial charge >= 0.3 is 0 Å². The van der Waals surface area contributed by atoms with Gasteiger partial charge in [-0.3, -0.25) is 0 Å². The Bertz CT molecular complexity index is 169. The molecular formula is C10H18O. The van der Waals surface area contributed by atoms with Gasteiger partial charge in [0.05, 0.1) is 6.61 Å². The van der Waals surface area contributed by atoms with Gasteiger partial charge in [0.2, 0.25) is 0 Å². The van der Waals surface area contributed by atoms with Crippen molar-refractivity contribution in [2.45, 2.75) is 46.1 Å². The molecule has 2 rings (SSSR count). The third-order valence-electron chi connectivity index (χ3n) is 3.99. The van der Waals surface area contributed by atoms with Gasteiger partial charge in [-0.15, -0.1) is 0 Å². The molecule has 0 bridgehead atoms. The van der Waals surface area contributed by atoms with Crippen LogP contribution in [0.5, 0.6) is 0 Å². The minimum absolute atomic E-state index is 0.236. The quantitative estimate of drug-likeness (QED) is 0.489. The van der Waals surface area contributed by atoms with E-state index in [1.54, 1.807) is 0 Å². The number of epoxide rings is 1. The zero-order valence-electron chi connectivity index (χ0n) is 8.03. The third-order valence-corrected chi connectivity index (χ3v) is 3.99. The smallest absolute Gasteiger partial charge is 0.102 e. The van der Waals surface area contributed by atoms with Crippen LogP contribution in [0.15, 0.2) is 0 Å². The lowest BCUT2D eigenvalue weighted by atomic mass is 9.72. The summed E-state index contributed by atoms with van der Waals surface area (Å²) in [6, 6.07) is 0. The highest BCUT2D eigenvalue weighted by atomic mass is 16.6. The van der Waals surface area contributed by atoms with Crippen molar-refractivity contribution in [2.75, 3.05) is 6.61 Å². The van der Waals surface area contributed by atoms with E-state index in [1.165, 1.54) is 12.8 Å². The van der Waals surface area contributed by atoms with Crippen LogP contribution < -0.4 is 0 Å². The Hall–Kier alpha value is -0.0400. The van der Waals surface area contributed by atoms with Crippen molar-refractivity contribution in [3.05, 3.63) is 0 Å². The highest BCUT2D eigenvalue weighted by molar-refractivity contribution is 5.16. The Kier molecular flexibility index (Phi) is 1.15. The molecule has 1 aliphatic heterocycles. The minimum atomic E-state index is 0.236. The van der Waals surface area contributed by atoms with Crippen LogP contribution in [0.1, 0.15) is 40.5 Å². The van der Waals surface area contributed by atoms with E-state index in [1.807, 2.05) is 0 Å². The summed E-state index contributed by atoms with van der Waals surface area (Å²) < 4.78 is 5.69. The molecule has 1 aliphatic carbocycles. The summed E-state index contributed by atoms with van der Waals surface area (Å²) in [5, 5.41) is 0. The van der Waals surface area contributed by atoms with Crippen molar-refractivity contribution in [3.63, 3.8) is 0 Å². The van der Waals surface area contributed by atoms with Crippen LogP contribution >= 0.6 is 0 Å². The fourth-order valence-corrected chi connectivity index (χ4v) is 2.80. The van der Waals surface area contributed by atoms with Gasteiger partial charge in [0.1, 0.15) is 5.60 Å². The second-order valence-electron chi connectivity index (χ2n) is 5.38. The lowest BCUT2D eigenvalue weighted by molar-refractivity contribution is 0.0906. The first-order valence-electron chi connectivity index (χ1n) is 4.55. The van der Waals surface area contributed by atoms with Crippen LogP contribution in [0, 0.1) is 10.8 Å². The first-order chi connectivity index (χ1) is 4.91. The lowest BCUT2D eigenvalue weighted by Crippen LogP contribution is -2.37. The number of rotatable bonds is 0. The van der Waals surface area contributed by atoms with E-state index >= 15 is 0 Å². The average Bonchev–Trinajstić information content (AvgIpc) is 2.59. The topological polar surface area (TPSA) is 12.5 Å². The molecule has 0 aromatic carbocycles. The van der Waals surface area contributed by atoms with Crippen molar-refractivity contribution < 1.29 is 4.74 Å². The molecule has 0 unspecified atom stereocenters. The number of hydrogen-bond donors (Lipinski definition) is 0. The largest absolute Gasteiger partial charge is 0.368 e. The van der Waals surface area contributed by atoms with Crippen LogP contribution in [0.2, 0.25) is 0 Å². The van der Waals surface area contributed by atoms with Gasteiger partial charge < -0.3 is 4.74 Å². The van der Waals surface area contributed by atoms with Crippen molar-refractivity contribution in [1.29, 1.82) is 0 Å². The molecule has 0 amide bonds. The van der Waals surface area contributed by atoms with Crippen molar-refractivity contribution in [1.82, 2.24) is 0 Å². The maximum absolute atomic E-state index is 5.69. The Morgan fingerprint density at radius 2 is 1.27 bits per heavy atom. The van der Waals surface area contributed by atoms with E-state index in [-0.39, 0.29) is 5.60 Å². The molecule has 1 saturated carbocycles. The zero-order valence-corrected chi connectivity index (χ0v) is 8.03. The Morgan fingerprint density at radius 3 is 1.45 bits per heavy atom. The molecule has 1 heteroatoms.